The van der Waals surface area contributed by atoms with E-state index in [1.165, 1.54) is 16.7 Å². The molecule has 10 atom stereocenters. The highest BCUT2D eigenvalue weighted by Crippen LogP contribution is 2.21. The highest BCUT2D eigenvalue weighted by Gasteiger charge is 2.40. The summed E-state index contributed by atoms with van der Waals surface area (Å²) in [6.45, 7) is 7.48. The SMILES string of the molecule is CSCC[C@H](NC(=O)[C@@H](NC(=O)[C@@H](NC(=O)[C@H](CO)NC(=O)[C@H](CCCCN)NC(=O)[C@H](CC(=O)O)NC(=O)[C@H](Cc1ccccc1)NC(=O)[C@@H]1CCCN1C(=O)[C@@H](N)CC(C)C)[C@@H](C)O)C(C)C)C(=O)O. The lowest BCUT2D eigenvalue weighted by Crippen LogP contribution is -2.62. The molecule has 1 aliphatic rings. The normalized spacial score (nSPS) is 17.2. The van der Waals surface area contributed by atoms with Crippen molar-refractivity contribution in [1.29, 1.82) is 0 Å². The third-order valence-corrected chi connectivity index (χ3v) is 12.4. The second kappa shape index (κ2) is 31.5. The molecular weight excluding hydrogens is 961 g/mol. The van der Waals surface area contributed by atoms with Crippen LogP contribution in [0, 0.1) is 11.8 Å². The largest absolute Gasteiger partial charge is 0.481 e. The molecular formula is C47H76N10O14S. The maximum Gasteiger partial charge on any atom is 0.326 e. The zero-order chi connectivity index (χ0) is 54.2. The van der Waals surface area contributed by atoms with Crippen molar-refractivity contribution in [3.63, 3.8) is 0 Å². The van der Waals surface area contributed by atoms with E-state index in [1.54, 1.807) is 50.4 Å². The van der Waals surface area contributed by atoms with Crippen LogP contribution in [0.2, 0.25) is 0 Å². The number of carboxylic acid groups (broad SMARTS) is 2. The number of rotatable bonds is 32. The van der Waals surface area contributed by atoms with E-state index in [0.717, 1.165) is 6.92 Å². The summed E-state index contributed by atoms with van der Waals surface area (Å²) in [4.78, 5) is 135. The van der Waals surface area contributed by atoms with Gasteiger partial charge in [-0.1, -0.05) is 58.0 Å². The summed E-state index contributed by atoms with van der Waals surface area (Å²) in [6, 6.07) is -4.23. The summed E-state index contributed by atoms with van der Waals surface area (Å²) >= 11 is 1.37. The van der Waals surface area contributed by atoms with Gasteiger partial charge in [0.05, 0.1) is 25.2 Å². The van der Waals surface area contributed by atoms with Crippen LogP contribution in [-0.2, 0) is 54.4 Å². The number of hydrogen-bond acceptors (Lipinski definition) is 15. The first kappa shape index (κ1) is 62.2. The molecule has 0 spiro atoms. The zero-order valence-corrected chi connectivity index (χ0v) is 42.7. The quantitative estimate of drug-likeness (QED) is 0.0331. The highest BCUT2D eigenvalue weighted by atomic mass is 32.2. The van der Waals surface area contributed by atoms with Crippen molar-refractivity contribution in [2.45, 2.75) is 153 Å². The van der Waals surface area contributed by atoms with Gasteiger partial charge in [0, 0.05) is 13.0 Å². The standard InChI is InChI=1S/C47H76N10O14S/c1-25(2)21-29(49)46(69)57-19-12-16-35(57)43(66)53-32(22-28-13-8-7-9-14-28)40(63)52-33(23-36(60)61)41(64)50-30(15-10-11-18-48)39(62)54-34(24-58)42(65)56-38(27(5)59)45(68)55-37(26(3)4)44(67)51-31(47(70)71)17-20-72-6/h7-9,13-14,25-27,29-35,37-38,58-59H,10-12,15-24,48-49H2,1-6H3,(H,50,64)(H,51,67)(H,52,63)(H,53,66)(H,54,62)(H,55,68)(H,56,65)(H,60,61)(H,70,71)/t27-,29+,30+,31+,32+,33+,34+,35+,37+,38+/m1/s1. The van der Waals surface area contributed by atoms with Gasteiger partial charge in [-0.3, -0.25) is 43.2 Å². The number of aliphatic carboxylic acids is 2. The molecule has 25 heteroatoms. The summed E-state index contributed by atoms with van der Waals surface area (Å²) in [5.41, 5.74) is 12.4. The molecule has 0 saturated carbocycles. The fourth-order valence-electron chi connectivity index (χ4n) is 7.80. The zero-order valence-electron chi connectivity index (χ0n) is 41.9. The number of carbonyl (C=O) groups excluding carboxylic acids is 8. The van der Waals surface area contributed by atoms with Crippen molar-refractivity contribution >= 4 is 71.0 Å². The molecule has 2 rings (SSSR count). The predicted octanol–water partition coefficient (Wildman–Crippen LogP) is -2.54. The molecule has 0 aromatic heterocycles. The molecule has 0 aliphatic carbocycles. The van der Waals surface area contributed by atoms with Gasteiger partial charge in [-0.25, -0.2) is 4.79 Å². The molecule has 0 radical (unpaired) electrons. The first-order valence-corrected chi connectivity index (χ1v) is 25.5. The number of benzene rings is 1. The van der Waals surface area contributed by atoms with Crippen LogP contribution in [0.5, 0.6) is 0 Å². The Labute approximate surface area is 424 Å². The van der Waals surface area contributed by atoms with Crippen LogP contribution >= 0.6 is 11.8 Å². The summed E-state index contributed by atoms with van der Waals surface area (Å²) in [6.07, 6.45) is 0.742. The molecule has 0 bridgehead atoms. The van der Waals surface area contributed by atoms with E-state index in [4.69, 9.17) is 11.5 Å². The highest BCUT2D eigenvalue weighted by molar-refractivity contribution is 7.98. The van der Waals surface area contributed by atoms with Crippen molar-refractivity contribution in [2.24, 2.45) is 23.3 Å². The lowest BCUT2D eigenvalue weighted by Gasteiger charge is -2.29. The van der Waals surface area contributed by atoms with E-state index in [1.807, 2.05) is 13.8 Å². The molecule has 15 N–H and O–H groups in total. The summed E-state index contributed by atoms with van der Waals surface area (Å²) in [5.74, 6) is -10.2. The molecule has 1 aliphatic heterocycles. The van der Waals surface area contributed by atoms with E-state index >= 15 is 0 Å². The molecule has 1 aromatic carbocycles. The number of unbranched alkanes of at least 4 members (excludes halogenated alkanes) is 1. The molecule has 1 saturated heterocycles. The summed E-state index contributed by atoms with van der Waals surface area (Å²) in [5, 5.41) is 57.1. The van der Waals surface area contributed by atoms with Gasteiger partial charge in [0.1, 0.15) is 48.3 Å². The van der Waals surface area contributed by atoms with E-state index < -0.39 is 139 Å². The summed E-state index contributed by atoms with van der Waals surface area (Å²) in [7, 11) is 0. The Hall–Kier alpha value is -5.89. The molecule has 1 fully saturated rings. The Morgan fingerprint density at radius 3 is 1.82 bits per heavy atom. The number of carboxylic acids is 2. The first-order chi connectivity index (χ1) is 33.9. The smallest absolute Gasteiger partial charge is 0.326 e. The Morgan fingerprint density at radius 1 is 0.708 bits per heavy atom. The van der Waals surface area contributed by atoms with Gasteiger partial charge in [0.15, 0.2) is 0 Å². The summed E-state index contributed by atoms with van der Waals surface area (Å²) < 4.78 is 0. The molecule has 72 heavy (non-hydrogen) atoms. The lowest BCUT2D eigenvalue weighted by molar-refractivity contribution is -0.143. The van der Waals surface area contributed by atoms with E-state index in [-0.39, 0.29) is 51.1 Å². The third-order valence-electron chi connectivity index (χ3n) is 11.7. The first-order valence-electron chi connectivity index (χ1n) is 24.1. The molecule has 404 valence electrons. The topological polar surface area (TPSA) is 391 Å². The van der Waals surface area contributed by atoms with Crippen molar-refractivity contribution < 1.29 is 68.4 Å². The number of carbonyl (C=O) groups is 10. The average Bonchev–Trinajstić information content (AvgIpc) is 3.81. The number of nitrogens with one attached hydrogen (secondary N) is 7. The predicted molar refractivity (Wildman–Crippen MR) is 265 cm³/mol. The van der Waals surface area contributed by atoms with Gasteiger partial charge in [0.25, 0.3) is 0 Å². The Bertz CT molecular complexity index is 2000. The molecule has 8 amide bonds. The maximum absolute atomic E-state index is 14.1. The third kappa shape index (κ3) is 20.7. The monoisotopic (exact) mass is 1040 g/mol. The number of hydrogen-bond donors (Lipinski definition) is 13. The number of nitrogens with zero attached hydrogens (tertiary/aromatic N) is 1. The van der Waals surface area contributed by atoms with Gasteiger partial charge in [-0.05, 0) is 87.8 Å². The van der Waals surface area contributed by atoms with E-state index in [0.29, 0.717) is 30.6 Å². The average molecular weight is 1040 g/mol. The molecule has 1 aromatic rings. The molecule has 0 unspecified atom stereocenters. The number of aliphatic hydroxyl groups is 2. The maximum atomic E-state index is 14.1. The van der Waals surface area contributed by atoms with Crippen LogP contribution in [0.1, 0.15) is 91.5 Å². The molecule has 24 nitrogen and oxygen atoms in total. The minimum Gasteiger partial charge on any atom is -0.481 e. The second-order valence-corrected chi connectivity index (χ2v) is 19.5. The number of likely N-dealkylation sites (tertiary alicyclic amines) is 1. The Balaban J connectivity index is 2.33. The van der Waals surface area contributed by atoms with Gasteiger partial charge < -0.3 is 74.0 Å². The van der Waals surface area contributed by atoms with Crippen LogP contribution in [0.4, 0.5) is 0 Å². The van der Waals surface area contributed by atoms with Crippen LogP contribution < -0.4 is 48.7 Å². The van der Waals surface area contributed by atoms with Gasteiger partial charge in [0.2, 0.25) is 47.3 Å². The lowest BCUT2D eigenvalue weighted by atomic mass is 10.0. The number of aliphatic hydroxyl groups excluding tert-OH is 2. The van der Waals surface area contributed by atoms with E-state index in [2.05, 4.69) is 37.2 Å². The fraction of sp³-hybridized carbons (Fsp3) is 0.660. The van der Waals surface area contributed by atoms with Crippen LogP contribution in [0.25, 0.3) is 0 Å². The van der Waals surface area contributed by atoms with Gasteiger partial charge in [-0.15, -0.1) is 0 Å². The van der Waals surface area contributed by atoms with Crippen LogP contribution in [-0.4, -0.2) is 177 Å². The Kier molecular flexibility index (Phi) is 27.3. The van der Waals surface area contributed by atoms with Gasteiger partial charge >= 0.3 is 11.9 Å². The van der Waals surface area contributed by atoms with Gasteiger partial charge in [-0.2, -0.15) is 11.8 Å². The van der Waals surface area contributed by atoms with E-state index in [9.17, 15) is 68.4 Å². The minimum absolute atomic E-state index is 0.0932. The number of nitrogens with two attached hydrogens (primary N) is 2. The fourth-order valence-corrected chi connectivity index (χ4v) is 8.27. The van der Waals surface area contributed by atoms with Crippen molar-refractivity contribution in [2.75, 3.05) is 31.7 Å². The van der Waals surface area contributed by atoms with Crippen LogP contribution in [0.15, 0.2) is 30.3 Å². The minimum atomic E-state index is -1.84. The van der Waals surface area contributed by atoms with Crippen molar-refractivity contribution in [1.82, 2.24) is 42.1 Å². The number of thioether (sulfide) groups is 1. The number of amides is 8. The van der Waals surface area contributed by atoms with Crippen LogP contribution in [0.3, 0.4) is 0 Å². The Morgan fingerprint density at radius 2 is 1.26 bits per heavy atom. The molecule has 1 heterocycles. The van der Waals surface area contributed by atoms with Crippen molar-refractivity contribution in [3.8, 4) is 0 Å². The van der Waals surface area contributed by atoms with Crippen molar-refractivity contribution in [3.05, 3.63) is 35.9 Å². The second-order valence-electron chi connectivity index (χ2n) is 18.6.